The quantitative estimate of drug-likeness (QED) is 0.630. The molecule has 3 heterocycles. The molecule has 1 aliphatic rings. The minimum Gasteiger partial charge on any atom is -0.497 e. The molecule has 31 heavy (non-hydrogen) atoms. The van der Waals surface area contributed by atoms with Gasteiger partial charge in [-0.1, -0.05) is 0 Å². The van der Waals surface area contributed by atoms with E-state index in [1.807, 2.05) is 18.2 Å². The molecular formula is C22H25N5O3S. The van der Waals surface area contributed by atoms with Gasteiger partial charge < -0.3 is 10.1 Å². The van der Waals surface area contributed by atoms with Crippen LogP contribution >= 0.6 is 0 Å². The number of ether oxygens (including phenoxy) is 1. The van der Waals surface area contributed by atoms with Crippen LogP contribution in [-0.4, -0.2) is 54.9 Å². The highest BCUT2D eigenvalue weighted by Gasteiger charge is 2.32. The number of anilines is 1. The van der Waals surface area contributed by atoms with Crippen molar-refractivity contribution in [3.63, 3.8) is 0 Å². The van der Waals surface area contributed by atoms with E-state index in [9.17, 15) is 8.42 Å². The number of aromatic nitrogens is 3. The Kier molecular flexibility index (Phi) is 6.15. The van der Waals surface area contributed by atoms with Gasteiger partial charge in [0, 0.05) is 50.1 Å². The largest absolute Gasteiger partial charge is 0.497 e. The summed E-state index contributed by atoms with van der Waals surface area (Å²) in [5, 5.41) is 3.08. The molecule has 1 aromatic carbocycles. The number of rotatable bonds is 6. The van der Waals surface area contributed by atoms with Crippen molar-refractivity contribution in [1.82, 2.24) is 19.3 Å². The fourth-order valence-electron chi connectivity index (χ4n) is 3.73. The van der Waals surface area contributed by atoms with E-state index in [2.05, 4.69) is 15.3 Å². The zero-order chi connectivity index (χ0) is 21.8. The summed E-state index contributed by atoms with van der Waals surface area (Å²) in [4.78, 5) is 13.7. The molecule has 0 spiro atoms. The van der Waals surface area contributed by atoms with Gasteiger partial charge in [-0.2, -0.15) is 4.31 Å². The monoisotopic (exact) mass is 439 g/mol. The van der Waals surface area contributed by atoms with Crippen molar-refractivity contribution in [2.45, 2.75) is 23.7 Å². The lowest BCUT2D eigenvalue weighted by Crippen LogP contribution is -2.39. The van der Waals surface area contributed by atoms with Gasteiger partial charge in [-0.25, -0.2) is 18.4 Å². The molecule has 3 aromatic rings. The Hall–Kier alpha value is -3.04. The lowest BCUT2D eigenvalue weighted by molar-refractivity contribution is 0.312. The lowest BCUT2D eigenvalue weighted by atomic mass is 9.95. The topological polar surface area (TPSA) is 97.3 Å². The Bertz CT molecular complexity index is 1140. The van der Waals surface area contributed by atoms with Crippen LogP contribution in [0.3, 0.4) is 0 Å². The summed E-state index contributed by atoms with van der Waals surface area (Å²) >= 11 is 0. The Morgan fingerprint density at radius 2 is 1.97 bits per heavy atom. The molecule has 8 nitrogen and oxygen atoms in total. The van der Waals surface area contributed by atoms with E-state index in [1.54, 1.807) is 55.1 Å². The second-order valence-corrected chi connectivity index (χ2v) is 9.31. The number of pyridine rings is 1. The first kappa shape index (κ1) is 21.2. The second-order valence-electron chi connectivity index (χ2n) is 7.37. The highest BCUT2D eigenvalue weighted by Crippen LogP contribution is 2.31. The van der Waals surface area contributed by atoms with Crippen LogP contribution in [-0.2, 0) is 10.0 Å². The molecule has 0 saturated carbocycles. The Morgan fingerprint density at radius 3 is 2.65 bits per heavy atom. The van der Waals surface area contributed by atoms with Crippen LogP contribution in [0.1, 0.15) is 24.5 Å². The van der Waals surface area contributed by atoms with Gasteiger partial charge in [0.25, 0.3) is 0 Å². The SMILES string of the molecule is CNc1cc([C@H]2CCCN(S(=O)(=O)c3ccc(OC)cc3)C2)nc(-c2cccnc2)n1. The highest BCUT2D eigenvalue weighted by atomic mass is 32.2. The molecule has 1 N–H and O–H groups in total. The van der Waals surface area contributed by atoms with Crippen LogP contribution in [0, 0.1) is 0 Å². The summed E-state index contributed by atoms with van der Waals surface area (Å²) in [7, 11) is -0.236. The van der Waals surface area contributed by atoms with Crippen molar-refractivity contribution in [2.75, 3.05) is 32.6 Å². The fraction of sp³-hybridized carbons (Fsp3) is 0.318. The third-order valence-corrected chi connectivity index (χ3v) is 7.30. The molecule has 162 valence electrons. The fourth-order valence-corrected chi connectivity index (χ4v) is 5.25. The molecule has 0 radical (unpaired) electrons. The van der Waals surface area contributed by atoms with Crippen LogP contribution in [0.25, 0.3) is 11.4 Å². The average Bonchev–Trinajstić information content (AvgIpc) is 2.84. The summed E-state index contributed by atoms with van der Waals surface area (Å²) in [5.74, 6) is 1.87. The smallest absolute Gasteiger partial charge is 0.243 e. The maximum atomic E-state index is 13.2. The molecule has 4 rings (SSSR count). The second kappa shape index (κ2) is 8.99. The van der Waals surface area contributed by atoms with Crippen molar-refractivity contribution in [1.29, 1.82) is 0 Å². The standard InChI is InChI=1S/C22H25N5O3S/c1-23-21-13-20(25-22(26-21)16-5-3-11-24-14-16)17-6-4-12-27(15-17)31(28,29)19-9-7-18(30-2)8-10-19/h3,5,7-11,13-14,17H,4,6,12,15H2,1-2H3,(H,23,25,26)/t17-/m0/s1. The van der Waals surface area contributed by atoms with Crippen molar-refractivity contribution < 1.29 is 13.2 Å². The first-order valence-corrected chi connectivity index (χ1v) is 11.6. The predicted molar refractivity (Wildman–Crippen MR) is 119 cm³/mol. The maximum absolute atomic E-state index is 13.2. The van der Waals surface area contributed by atoms with Crippen molar-refractivity contribution in [2.24, 2.45) is 0 Å². The third kappa shape index (κ3) is 4.52. The molecule has 1 atom stereocenters. The zero-order valence-electron chi connectivity index (χ0n) is 17.5. The van der Waals surface area contributed by atoms with E-state index in [0.29, 0.717) is 30.5 Å². The Morgan fingerprint density at radius 1 is 1.16 bits per heavy atom. The molecule has 1 aliphatic heterocycles. The van der Waals surface area contributed by atoms with Gasteiger partial charge in [-0.3, -0.25) is 4.98 Å². The van der Waals surface area contributed by atoms with E-state index < -0.39 is 10.0 Å². The van der Waals surface area contributed by atoms with E-state index in [1.165, 1.54) is 0 Å². The van der Waals surface area contributed by atoms with Crippen LogP contribution in [0.2, 0.25) is 0 Å². The summed E-state index contributed by atoms with van der Waals surface area (Å²) in [5.41, 5.74) is 1.65. The van der Waals surface area contributed by atoms with Crippen LogP contribution in [0.5, 0.6) is 5.75 Å². The van der Waals surface area contributed by atoms with Crippen LogP contribution in [0.4, 0.5) is 5.82 Å². The molecule has 0 bridgehead atoms. The molecule has 9 heteroatoms. The number of methoxy groups -OCH3 is 1. The molecule has 1 fully saturated rings. The number of benzene rings is 1. The first-order chi connectivity index (χ1) is 15.0. The van der Waals surface area contributed by atoms with E-state index >= 15 is 0 Å². The van der Waals surface area contributed by atoms with Gasteiger partial charge in [0.2, 0.25) is 10.0 Å². The third-order valence-electron chi connectivity index (χ3n) is 5.42. The van der Waals surface area contributed by atoms with Crippen molar-refractivity contribution >= 4 is 15.8 Å². The van der Waals surface area contributed by atoms with Crippen molar-refractivity contribution in [3.8, 4) is 17.1 Å². The Labute approximate surface area is 182 Å². The van der Waals surface area contributed by atoms with Gasteiger partial charge in [0.15, 0.2) is 5.82 Å². The van der Waals surface area contributed by atoms with E-state index in [-0.39, 0.29) is 10.8 Å². The molecular weight excluding hydrogens is 414 g/mol. The van der Waals surface area contributed by atoms with Crippen LogP contribution < -0.4 is 10.1 Å². The maximum Gasteiger partial charge on any atom is 0.243 e. The van der Waals surface area contributed by atoms with Gasteiger partial charge in [-0.15, -0.1) is 0 Å². The molecule has 0 aliphatic carbocycles. The molecule has 0 unspecified atom stereocenters. The van der Waals surface area contributed by atoms with Gasteiger partial charge in [-0.05, 0) is 49.2 Å². The summed E-state index contributed by atoms with van der Waals surface area (Å²) < 4.78 is 33.1. The first-order valence-electron chi connectivity index (χ1n) is 10.1. The average molecular weight is 440 g/mol. The number of nitrogens with zero attached hydrogens (tertiary/aromatic N) is 4. The number of sulfonamides is 1. The highest BCUT2D eigenvalue weighted by molar-refractivity contribution is 7.89. The summed E-state index contributed by atoms with van der Waals surface area (Å²) in [6, 6.07) is 12.1. The summed E-state index contributed by atoms with van der Waals surface area (Å²) in [6.07, 6.45) is 5.05. The Balaban J connectivity index is 1.62. The minimum atomic E-state index is -3.60. The summed E-state index contributed by atoms with van der Waals surface area (Å²) in [6.45, 7) is 0.866. The van der Waals surface area contributed by atoms with E-state index in [0.717, 1.165) is 24.1 Å². The number of hydrogen-bond acceptors (Lipinski definition) is 7. The number of hydrogen-bond donors (Lipinski definition) is 1. The molecule has 0 amide bonds. The molecule has 2 aromatic heterocycles. The predicted octanol–water partition coefficient (Wildman–Crippen LogP) is 3.16. The zero-order valence-corrected chi connectivity index (χ0v) is 18.3. The number of piperidine rings is 1. The van der Waals surface area contributed by atoms with E-state index in [4.69, 9.17) is 9.72 Å². The normalized spacial score (nSPS) is 17.3. The van der Waals surface area contributed by atoms with Crippen LogP contribution in [0.15, 0.2) is 59.8 Å². The lowest BCUT2D eigenvalue weighted by Gasteiger charge is -2.32. The number of nitrogens with one attached hydrogen (secondary N) is 1. The molecule has 1 saturated heterocycles. The van der Waals surface area contributed by atoms with Gasteiger partial charge in [0.05, 0.1) is 17.7 Å². The van der Waals surface area contributed by atoms with Gasteiger partial charge >= 0.3 is 0 Å². The van der Waals surface area contributed by atoms with Crippen molar-refractivity contribution in [3.05, 3.63) is 60.6 Å². The van der Waals surface area contributed by atoms with Gasteiger partial charge in [0.1, 0.15) is 11.6 Å². The minimum absolute atomic E-state index is 0.0210.